The third-order valence-electron chi connectivity index (χ3n) is 4.23. The highest BCUT2D eigenvalue weighted by atomic mass is 16.1. The molecule has 21 heavy (non-hydrogen) atoms. The Hall–Kier alpha value is -1.57. The van der Waals surface area contributed by atoms with Gasteiger partial charge < -0.3 is 5.32 Å². The van der Waals surface area contributed by atoms with Gasteiger partial charge in [0.05, 0.1) is 0 Å². The van der Waals surface area contributed by atoms with Gasteiger partial charge >= 0.3 is 0 Å². The first-order valence-electron chi connectivity index (χ1n) is 8.23. The molecule has 0 spiro atoms. The van der Waals surface area contributed by atoms with E-state index in [0.29, 0.717) is 12.0 Å². The van der Waals surface area contributed by atoms with Crippen molar-refractivity contribution in [2.75, 3.05) is 0 Å². The second-order valence-electron chi connectivity index (χ2n) is 6.35. The molecule has 0 saturated heterocycles. The second kappa shape index (κ2) is 8.02. The summed E-state index contributed by atoms with van der Waals surface area (Å²) in [5.41, 5.74) is 2.41. The topological polar surface area (TPSA) is 29.1 Å². The van der Waals surface area contributed by atoms with Crippen LogP contribution in [-0.2, 0) is 4.79 Å². The zero-order valence-electron chi connectivity index (χ0n) is 13.3. The van der Waals surface area contributed by atoms with Crippen molar-refractivity contribution in [2.45, 2.75) is 64.3 Å². The summed E-state index contributed by atoms with van der Waals surface area (Å²) in [6, 6.07) is 8.78. The fourth-order valence-electron chi connectivity index (χ4n) is 2.84. The Bertz CT molecular complexity index is 465. The Kier molecular flexibility index (Phi) is 6.04. The maximum absolute atomic E-state index is 12.0. The van der Waals surface area contributed by atoms with Crippen LogP contribution in [0.3, 0.4) is 0 Å². The monoisotopic (exact) mass is 285 g/mol. The van der Waals surface area contributed by atoms with Crippen LogP contribution in [0.1, 0.15) is 69.4 Å². The lowest BCUT2D eigenvalue weighted by atomic mass is 10.0. The smallest absolute Gasteiger partial charge is 0.244 e. The van der Waals surface area contributed by atoms with Crippen molar-refractivity contribution in [3.8, 4) is 0 Å². The average molecular weight is 285 g/mol. The highest BCUT2D eigenvalue weighted by molar-refractivity contribution is 5.91. The van der Waals surface area contributed by atoms with Gasteiger partial charge in [-0.2, -0.15) is 0 Å². The number of amides is 1. The molecule has 1 N–H and O–H groups in total. The molecule has 1 aromatic rings. The summed E-state index contributed by atoms with van der Waals surface area (Å²) in [7, 11) is 0. The van der Waals surface area contributed by atoms with Gasteiger partial charge in [-0.05, 0) is 36.0 Å². The fourth-order valence-corrected chi connectivity index (χ4v) is 2.84. The zero-order valence-corrected chi connectivity index (χ0v) is 13.3. The summed E-state index contributed by atoms with van der Waals surface area (Å²) in [4.78, 5) is 12.0. The number of benzene rings is 1. The summed E-state index contributed by atoms with van der Waals surface area (Å²) in [5, 5.41) is 3.13. The predicted molar refractivity (Wildman–Crippen MR) is 89.2 cm³/mol. The molecule has 1 amide bonds. The molecule has 0 atom stereocenters. The Morgan fingerprint density at radius 3 is 2.29 bits per heavy atom. The van der Waals surface area contributed by atoms with Crippen LogP contribution in [0.2, 0.25) is 0 Å². The van der Waals surface area contributed by atoms with Gasteiger partial charge in [0.15, 0.2) is 0 Å². The van der Waals surface area contributed by atoms with Crippen molar-refractivity contribution in [3.05, 3.63) is 41.5 Å². The molecule has 0 aromatic heterocycles. The first-order valence-corrected chi connectivity index (χ1v) is 8.23. The highest BCUT2D eigenvalue weighted by Crippen LogP contribution is 2.17. The van der Waals surface area contributed by atoms with Crippen LogP contribution in [0.5, 0.6) is 0 Å². The molecule has 0 bridgehead atoms. The molecule has 0 radical (unpaired) electrons. The Labute approximate surface area is 128 Å². The number of carbonyl (C=O) groups excluding carboxylic acids is 1. The first-order chi connectivity index (χ1) is 10.1. The summed E-state index contributed by atoms with van der Waals surface area (Å²) >= 11 is 0. The van der Waals surface area contributed by atoms with Crippen molar-refractivity contribution in [2.24, 2.45) is 0 Å². The molecule has 1 aliphatic rings. The van der Waals surface area contributed by atoms with Gasteiger partial charge in [0.25, 0.3) is 0 Å². The van der Waals surface area contributed by atoms with Crippen LogP contribution < -0.4 is 5.32 Å². The summed E-state index contributed by atoms with van der Waals surface area (Å²) < 4.78 is 0. The van der Waals surface area contributed by atoms with E-state index >= 15 is 0 Å². The average Bonchev–Trinajstić information content (AvgIpc) is 2.74. The molecule has 1 saturated carbocycles. The molecule has 2 rings (SSSR count). The first kappa shape index (κ1) is 15.8. The molecule has 0 heterocycles. The number of hydrogen-bond donors (Lipinski definition) is 1. The second-order valence-corrected chi connectivity index (χ2v) is 6.35. The van der Waals surface area contributed by atoms with Crippen LogP contribution in [-0.4, -0.2) is 11.9 Å². The fraction of sp³-hybridized carbons (Fsp3) is 0.526. The van der Waals surface area contributed by atoms with Crippen LogP contribution >= 0.6 is 0 Å². The minimum atomic E-state index is 0.0369. The maximum atomic E-state index is 12.0. The predicted octanol–water partition coefficient (Wildman–Crippen LogP) is 4.66. The minimum absolute atomic E-state index is 0.0369. The van der Waals surface area contributed by atoms with Crippen LogP contribution in [0.15, 0.2) is 30.3 Å². The lowest BCUT2D eigenvalue weighted by Gasteiger charge is -2.14. The number of hydrogen-bond acceptors (Lipinski definition) is 1. The van der Waals surface area contributed by atoms with Crippen molar-refractivity contribution >= 4 is 12.0 Å². The van der Waals surface area contributed by atoms with Gasteiger partial charge in [-0.25, -0.2) is 0 Å². The van der Waals surface area contributed by atoms with Gasteiger partial charge in [-0.15, -0.1) is 0 Å². The molecular weight excluding hydrogens is 258 g/mol. The van der Waals surface area contributed by atoms with E-state index in [2.05, 4.69) is 43.4 Å². The quantitative estimate of drug-likeness (QED) is 0.632. The zero-order chi connectivity index (χ0) is 15.1. The van der Waals surface area contributed by atoms with Crippen LogP contribution in [0.25, 0.3) is 6.08 Å². The molecule has 1 aliphatic carbocycles. The molecular formula is C19H27NO. The Balaban J connectivity index is 1.86. The maximum Gasteiger partial charge on any atom is 0.244 e. The van der Waals surface area contributed by atoms with Crippen LogP contribution in [0, 0.1) is 0 Å². The van der Waals surface area contributed by atoms with Gasteiger partial charge in [-0.1, -0.05) is 63.8 Å². The lowest BCUT2D eigenvalue weighted by Crippen LogP contribution is -2.33. The van der Waals surface area contributed by atoms with Gasteiger partial charge in [0.1, 0.15) is 0 Å². The summed E-state index contributed by atoms with van der Waals surface area (Å²) in [6.07, 6.45) is 10.9. The molecule has 0 aliphatic heterocycles. The van der Waals surface area contributed by atoms with E-state index in [4.69, 9.17) is 0 Å². The Morgan fingerprint density at radius 2 is 1.71 bits per heavy atom. The van der Waals surface area contributed by atoms with E-state index in [1.807, 2.05) is 6.08 Å². The van der Waals surface area contributed by atoms with Crippen molar-refractivity contribution in [1.29, 1.82) is 0 Å². The van der Waals surface area contributed by atoms with Crippen LogP contribution in [0.4, 0.5) is 0 Å². The van der Waals surface area contributed by atoms with E-state index < -0.39 is 0 Å². The van der Waals surface area contributed by atoms with Crippen molar-refractivity contribution in [3.63, 3.8) is 0 Å². The Morgan fingerprint density at radius 1 is 1.10 bits per heavy atom. The molecule has 2 nitrogen and oxygen atoms in total. The summed E-state index contributed by atoms with van der Waals surface area (Å²) in [5.74, 6) is 0.580. The minimum Gasteiger partial charge on any atom is -0.350 e. The van der Waals surface area contributed by atoms with E-state index in [9.17, 15) is 4.79 Å². The standard InChI is InChI=1S/C19H27NO/c1-15(2)17-12-9-16(10-13-17)11-14-19(21)20-18-7-5-3-4-6-8-18/h9-15,18H,3-8H2,1-2H3,(H,20,21)/b14-11+. The third kappa shape index (κ3) is 5.37. The SMILES string of the molecule is CC(C)c1ccc(/C=C/C(=O)NC2CCCCCC2)cc1. The number of rotatable bonds is 4. The highest BCUT2D eigenvalue weighted by Gasteiger charge is 2.13. The molecule has 2 heteroatoms. The van der Waals surface area contributed by atoms with E-state index in [-0.39, 0.29) is 5.91 Å². The third-order valence-corrected chi connectivity index (χ3v) is 4.23. The molecule has 1 aromatic carbocycles. The largest absolute Gasteiger partial charge is 0.350 e. The molecule has 0 unspecified atom stereocenters. The van der Waals surface area contributed by atoms with Gasteiger partial charge in [0, 0.05) is 12.1 Å². The van der Waals surface area contributed by atoms with Crippen molar-refractivity contribution < 1.29 is 4.79 Å². The lowest BCUT2D eigenvalue weighted by molar-refractivity contribution is -0.117. The van der Waals surface area contributed by atoms with Gasteiger partial charge in [0.2, 0.25) is 5.91 Å². The van der Waals surface area contributed by atoms with E-state index in [1.54, 1.807) is 6.08 Å². The van der Waals surface area contributed by atoms with Gasteiger partial charge in [-0.3, -0.25) is 4.79 Å². The number of carbonyl (C=O) groups is 1. The summed E-state index contributed by atoms with van der Waals surface area (Å²) in [6.45, 7) is 4.37. The molecule has 1 fully saturated rings. The van der Waals surface area contributed by atoms with E-state index in [0.717, 1.165) is 18.4 Å². The number of nitrogens with one attached hydrogen (secondary N) is 1. The van der Waals surface area contributed by atoms with Crippen molar-refractivity contribution in [1.82, 2.24) is 5.32 Å². The normalized spacial score (nSPS) is 17.1. The van der Waals surface area contributed by atoms with E-state index in [1.165, 1.54) is 31.2 Å². The molecule has 114 valence electrons.